The Hall–Kier alpha value is -4.49. The molecule has 0 radical (unpaired) electrons. The SMILES string of the molecule is CC(C)(C)c1ccc(Cn2c3ccccc3c3nnc(SCC(=O)NCCC(c4ccccc4)c4ccccc4)nc32)cc1. The second-order valence-corrected chi connectivity index (χ2v) is 13.1. The molecule has 6 aromatic rings. The van der Waals surface area contributed by atoms with Gasteiger partial charge in [0.15, 0.2) is 5.65 Å². The van der Waals surface area contributed by atoms with Gasteiger partial charge in [-0.15, -0.1) is 10.2 Å². The summed E-state index contributed by atoms with van der Waals surface area (Å²) in [5.74, 6) is 0.396. The molecule has 0 unspecified atom stereocenters. The fourth-order valence-electron chi connectivity index (χ4n) is 5.64. The summed E-state index contributed by atoms with van der Waals surface area (Å²) in [6.45, 7) is 7.92. The lowest BCUT2D eigenvalue weighted by Crippen LogP contribution is -2.27. The lowest BCUT2D eigenvalue weighted by molar-refractivity contribution is -0.118. The number of para-hydroxylation sites is 1. The zero-order chi connectivity index (χ0) is 30.5. The van der Waals surface area contributed by atoms with Crippen LogP contribution in [0.25, 0.3) is 22.1 Å². The van der Waals surface area contributed by atoms with Gasteiger partial charge in [0.05, 0.1) is 11.3 Å². The van der Waals surface area contributed by atoms with Gasteiger partial charge in [-0.1, -0.05) is 136 Å². The van der Waals surface area contributed by atoms with Gasteiger partial charge < -0.3 is 9.88 Å². The molecule has 1 N–H and O–H groups in total. The Morgan fingerprint density at radius 2 is 1.45 bits per heavy atom. The molecule has 6 nitrogen and oxygen atoms in total. The molecule has 0 aliphatic carbocycles. The Labute approximate surface area is 262 Å². The smallest absolute Gasteiger partial charge is 0.230 e. The quantitative estimate of drug-likeness (QED) is 0.163. The van der Waals surface area contributed by atoms with Gasteiger partial charge in [-0.2, -0.15) is 0 Å². The van der Waals surface area contributed by atoms with Crippen molar-refractivity contribution in [1.82, 2.24) is 25.1 Å². The normalized spacial score (nSPS) is 11.8. The van der Waals surface area contributed by atoms with E-state index < -0.39 is 0 Å². The van der Waals surface area contributed by atoms with Crippen molar-refractivity contribution in [2.24, 2.45) is 0 Å². The molecule has 0 aliphatic heterocycles. The fourth-order valence-corrected chi connectivity index (χ4v) is 6.25. The van der Waals surface area contributed by atoms with Crippen molar-refractivity contribution in [2.75, 3.05) is 12.3 Å². The third-order valence-corrected chi connectivity index (χ3v) is 8.84. The maximum absolute atomic E-state index is 12.9. The van der Waals surface area contributed by atoms with Crippen LogP contribution >= 0.6 is 11.8 Å². The Bertz CT molecular complexity index is 1820. The summed E-state index contributed by atoms with van der Waals surface area (Å²) in [7, 11) is 0. The zero-order valence-electron chi connectivity index (χ0n) is 25.4. The Morgan fingerprint density at radius 1 is 0.818 bits per heavy atom. The van der Waals surface area contributed by atoms with Crippen molar-refractivity contribution < 1.29 is 4.79 Å². The average Bonchev–Trinajstić information content (AvgIpc) is 3.35. The first-order valence-electron chi connectivity index (χ1n) is 15.1. The minimum absolute atomic E-state index is 0.0435. The van der Waals surface area contributed by atoms with Crippen LogP contribution < -0.4 is 5.32 Å². The molecule has 0 atom stereocenters. The number of thioether (sulfide) groups is 1. The van der Waals surface area contributed by atoms with E-state index in [1.165, 1.54) is 34.0 Å². The van der Waals surface area contributed by atoms with E-state index in [2.05, 4.69) is 126 Å². The molecule has 222 valence electrons. The van der Waals surface area contributed by atoms with Crippen molar-refractivity contribution in [3.8, 4) is 0 Å². The largest absolute Gasteiger partial charge is 0.355 e. The summed E-state index contributed by atoms with van der Waals surface area (Å²) in [6, 6.07) is 37.9. The molecule has 0 saturated carbocycles. The molecular formula is C37H37N5OS. The maximum atomic E-state index is 12.9. The Balaban J connectivity index is 1.14. The van der Waals surface area contributed by atoms with Gasteiger partial charge in [0.2, 0.25) is 11.1 Å². The van der Waals surface area contributed by atoms with E-state index >= 15 is 0 Å². The predicted molar refractivity (Wildman–Crippen MR) is 180 cm³/mol. The number of fused-ring (bicyclic) bond motifs is 3. The number of nitrogens with one attached hydrogen (secondary N) is 1. The van der Waals surface area contributed by atoms with Crippen LogP contribution in [-0.4, -0.2) is 38.0 Å². The van der Waals surface area contributed by atoms with Crippen molar-refractivity contribution in [3.63, 3.8) is 0 Å². The first kappa shape index (κ1) is 29.6. The number of hydrogen-bond donors (Lipinski definition) is 1. The number of rotatable bonds is 10. The molecule has 2 heterocycles. The predicted octanol–water partition coefficient (Wildman–Crippen LogP) is 7.76. The summed E-state index contributed by atoms with van der Waals surface area (Å²) in [6.07, 6.45) is 0.811. The van der Waals surface area contributed by atoms with Gasteiger partial charge in [-0.05, 0) is 40.2 Å². The fraction of sp³-hybridized carbons (Fsp3) is 0.243. The van der Waals surface area contributed by atoms with E-state index in [0.29, 0.717) is 18.2 Å². The Morgan fingerprint density at radius 3 is 2.11 bits per heavy atom. The van der Waals surface area contributed by atoms with Crippen LogP contribution in [0.2, 0.25) is 0 Å². The molecule has 2 aromatic heterocycles. The number of carbonyl (C=O) groups excluding carboxylic acids is 1. The van der Waals surface area contributed by atoms with Gasteiger partial charge >= 0.3 is 0 Å². The summed E-state index contributed by atoms with van der Waals surface area (Å²) < 4.78 is 2.20. The van der Waals surface area contributed by atoms with Gasteiger partial charge in [0.25, 0.3) is 0 Å². The highest BCUT2D eigenvalue weighted by atomic mass is 32.2. The van der Waals surface area contributed by atoms with Crippen molar-refractivity contribution in [2.45, 2.75) is 50.2 Å². The summed E-state index contributed by atoms with van der Waals surface area (Å²) in [5, 5.41) is 13.6. The molecule has 7 heteroatoms. The van der Waals surface area contributed by atoms with Crippen LogP contribution in [-0.2, 0) is 16.8 Å². The van der Waals surface area contributed by atoms with Gasteiger partial charge in [-0.25, -0.2) is 4.98 Å². The number of hydrogen-bond acceptors (Lipinski definition) is 5. The lowest BCUT2D eigenvalue weighted by Gasteiger charge is -2.19. The molecule has 44 heavy (non-hydrogen) atoms. The zero-order valence-corrected chi connectivity index (χ0v) is 26.2. The third-order valence-electron chi connectivity index (χ3n) is 8.01. The van der Waals surface area contributed by atoms with Crippen LogP contribution in [0, 0.1) is 0 Å². The van der Waals surface area contributed by atoms with Crippen LogP contribution in [0.5, 0.6) is 0 Å². The highest BCUT2D eigenvalue weighted by Crippen LogP contribution is 2.30. The van der Waals surface area contributed by atoms with E-state index in [4.69, 9.17) is 4.98 Å². The van der Waals surface area contributed by atoms with Crippen LogP contribution in [0.1, 0.15) is 55.4 Å². The second kappa shape index (κ2) is 13.0. The molecule has 0 spiro atoms. The molecule has 0 fully saturated rings. The summed E-state index contributed by atoms with van der Waals surface area (Å²) >= 11 is 1.31. The maximum Gasteiger partial charge on any atom is 0.230 e. The third kappa shape index (κ3) is 6.68. The van der Waals surface area contributed by atoms with E-state index in [1.807, 2.05) is 24.3 Å². The minimum Gasteiger partial charge on any atom is -0.355 e. The van der Waals surface area contributed by atoms with Gasteiger partial charge in [-0.3, -0.25) is 4.79 Å². The molecule has 0 bridgehead atoms. The highest BCUT2D eigenvalue weighted by Gasteiger charge is 2.18. The average molecular weight is 600 g/mol. The topological polar surface area (TPSA) is 72.7 Å². The summed E-state index contributed by atoms with van der Waals surface area (Å²) in [4.78, 5) is 17.8. The molecular weight excluding hydrogens is 563 g/mol. The molecule has 1 amide bonds. The number of amides is 1. The first-order valence-corrected chi connectivity index (χ1v) is 16.1. The van der Waals surface area contributed by atoms with E-state index in [-0.39, 0.29) is 23.0 Å². The lowest BCUT2D eigenvalue weighted by atomic mass is 9.87. The number of aromatic nitrogens is 4. The molecule has 0 saturated heterocycles. The van der Waals surface area contributed by atoms with Crippen LogP contribution in [0.15, 0.2) is 114 Å². The Kier molecular flexibility index (Phi) is 8.75. The van der Waals surface area contributed by atoms with Crippen molar-refractivity contribution in [3.05, 3.63) is 131 Å². The van der Waals surface area contributed by atoms with Gasteiger partial charge in [0.1, 0.15) is 5.52 Å². The molecule has 4 aromatic carbocycles. The van der Waals surface area contributed by atoms with Crippen molar-refractivity contribution >= 4 is 39.7 Å². The van der Waals surface area contributed by atoms with E-state index in [1.54, 1.807) is 0 Å². The first-order chi connectivity index (χ1) is 21.4. The second-order valence-electron chi connectivity index (χ2n) is 12.1. The molecule has 0 aliphatic rings. The van der Waals surface area contributed by atoms with E-state index in [9.17, 15) is 4.79 Å². The standard InChI is InChI=1S/C37H37N5OS/c1-37(2,3)29-20-18-26(19-21-29)24-42-32-17-11-10-16-31(32)34-35(42)39-36(41-40-34)44-25-33(43)38-23-22-30(27-12-6-4-7-13-27)28-14-8-5-9-15-28/h4-21,30H,22-25H2,1-3H3,(H,38,43). The highest BCUT2D eigenvalue weighted by molar-refractivity contribution is 7.99. The summed E-state index contributed by atoms with van der Waals surface area (Å²) in [5.41, 5.74) is 7.71. The molecule has 6 rings (SSSR count). The minimum atomic E-state index is -0.0435. The van der Waals surface area contributed by atoms with Crippen LogP contribution in [0.3, 0.4) is 0 Å². The monoisotopic (exact) mass is 599 g/mol. The van der Waals surface area contributed by atoms with E-state index in [0.717, 1.165) is 28.5 Å². The number of benzene rings is 4. The van der Waals surface area contributed by atoms with Crippen LogP contribution in [0.4, 0.5) is 0 Å². The van der Waals surface area contributed by atoms with Crippen molar-refractivity contribution in [1.29, 1.82) is 0 Å². The van der Waals surface area contributed by atoms with Gasteiger partial charge in [0, 0.05) is 24.4 Å². The number of nitrogens with zero attached hydrogens (tertiary/aromatic N) is 4. The number of carbonyl (C=O) groups is 1.